The number of allylic oxidation sites excluding steroid dienone is 1. The van der Waals surface area contributed by atoms with Gasteiger partial charge in [0.15, 0.2) is 35.1 Å². The van der Waals surface area contributed by atoms with Crippen LogP contribution in [0.3, 0.4) is 0 Å². The third-order valence-corrected chi connectivity index (χ3v) is 24.2. The maximum atomic E-state index is 14.5. The first-order valence-corrected chi connectivity index (χ1v) is 45.9. The summed E-state index contributed by atoms with van der Waals surface area (Å²) in [5, 5.41) is 38.0. The molecule has 0 aliphatic carbocycles. The van der Waals surface area contributed by atoms with E-state index in [1.807, 2.05) is 0 Å². The molecule has 0 saturated carbocycles. The fourth-order valence-electron chi connectivity index (χ4n) is 14.9. The van der Waals surface area contributed by atoms with Gasteiger partial charge in [-0.15, -0.1) is 0 Å². The Morgan fingerprint density at radius 1 is 0.579 bits per heavy atom. The van der Waals surface area contributed by atoms with Gasteiger partial charge in [0.25, 0.3) is 17.7 Å². The number of ether oxygens (including phenoxy) is 13. The fourth-order valence-corrected chi connectivity index (χ4v) is 15.6. The molecule has 7 aliphatic heterocycles. The maximum Gasteiger partial charge on any atom is 0.416 e. The van der Waals surface area contributed by atoms with Crippen LogP contribution in [0.1, 0.15) is 148 Å². The lowest BCUT2D eigenvalue weighted by Gasteiger charge is -2.31. The van der Waals surface area contributed by atoms with Gasteiger partial charge in [-0.05, 0) is 137 Å². The number of Topliss-reactive ketones (excluding diaryl/α,β-unsaturated/α-hetero) is 3. The number of hydrogen-bond donors (Lipinski definition) is 8. The van der Waals surface area contributed by atoms with E-state index >= 15 is 0 Å². The highest BCUT2D eigenvalue weighted by Crippen LogP contribution is 2.42. The van der Waals surface area contributed by atoms with Gasteiger partial charge in [0.05, 0.1) is 158 Å². The first kappa shape index (κ1) is 106. The van der Waals surface area contributed by atoms with Crippen LogP contribution >= 0.6 is 31.9 Å². The molecule has 8 bridgehead atoms. The first-order chi connectivity index (χ1) is 64.0. The first-order valence-electron chi connectivity index (χ1n) is 44.4. The lowest BCUT2D eigenvalue weighted by molar-refractivity contribution is -0.140. The summed E-state index contributed by atoms with van der Waals surface area (Å²) in [5.74, 6) is -7.03. The summed E-state index contributed by atoms with van der Waals surface area (Å²) < 4.78 is 74.0. The van der Waals surface area contributed by atoms with Crippen LogP contribution < -0.4 is 55.9 Å². The van der Waals surface area contributed by atoms with E-state index in [-0.39, 0.29) is 274 Å². The van der Waals surface area contributed by atoms with E-state index in [4.69, 9.17) is 61.6 Å². The minimum absolute atomic E-state index is 0.00285. The molecule has 4 aromatic rings. The van der Waals surface area contributed by atoms with Crippen LogP contribution in [0.5, 0.6) is 17.2 Å². The van der Waals surface area contributed by atoms with Crippen molar-refractivity contribution >= 4 is 137 Å². The van der Waals surface area contributed by atoms with Crippen molar-refractivity contribution in [1.82, 2.24) is 31.1 Å². The number of ketones is 3. The topological polar surface area (TPSA) is 485 Å². The van der Waals surface area contributed by atoms with Crippen molar-refractivity contribution in [2.75, 3.05) is 173 Å². The normalized spacial score (nSPS) is 23.0. The number of unbranched alkanes of at least 4 members (excludes halogenated alkanes) is 2. The van der Waals surface area contributed by atoms with Crippen LogP contribution in [0.25, 0.3) is 0 Å². The third-order valence-electron chi connectivity index (χ3n) is 22.1. The van der Waals surface area contributed by atoms with Gasteiger partial charge in [0.1, 0.15) is 42.1 Å². The second kappa shape index (κ2) is 55.1. The number of anilines is 4. The Morgan fingerprint density at radius 2 is 1.17 bits per heavy atom. The number of benzene rings is 4. The zero-order chi connectivity index (χ0) is 95.9. The van der Waals surface area contributed by atoms with Gasteiger partial charge >= 0.3 is 18.2 Å². The molecule has 2 fully saturated rings. The quantitative estimate of drug-likeness (QED) is 0.0440. The minimum atomic E-state index is -1.64. The molecular weight excluding hydrogens is 1870 g/mol. The smallest absolute Gasteiger partial charge is 0.416 e. The highest BCUT2D eigenvalue weighted by molar-refractivity contribution is 9.14. The Hall–Kier alpha value is -10.9. The van der Waals surface area contributed by atoms with Crippen LogP contribution in [0, 0.1) is 12.8 Å². The molecule has 8 N–H and O–H groups in total. The van der Waals surface area contributed by atoms with Crippen molar-refractivity contribution < 1.29 is 139 Å². The summed E-state index contributed by atoms with van der Waals surface area (Å²) in [6.07, 6.45) is -1.05. The van der Waals surface area contributed by atoms with Crippen molar-refractivity contribution in [1.29, 1.82) is 0 Å². The third kappa shape index (κ3) is 33.3. The van der Waals surface area contributed by atoms with Crippen LogP contribution in [0.2, 0.25) is 0 Å². The Morgan fingerprint density at radius 3 is 1.80 bits per heavy atom. The van der Waals surface area contributed by atoms with Crippen molar-refractivity contribution in [2.45, 2.75) is 167 Å². The predicted octanol–water partition coefficient (Wildman–Crippen LogP) is 7.82. The largest absolute Gasteiger partial charge is 0.493 e. The monoisotopic (exact) mass is 1990 g/mol. The van der Waals surface area contributed by atoms with Gasteiger partial charge < -0.3 is 113 Å². The molecule has 2 saturated heterocycles. The average molecular weight is 1990 g/mol. The number of halogens is 2. The number of fused-ring (bicyclic) bond motifs is 4. The van der Waals surface area contributed by atoms with Gasteiger partial charge in [-0.3, -0.25) is 62.4 Å². The van der Waals surface area contributed by atoms with E-state index in [0.29, 0.717) is 79.6 Å². The zero-order valence-electron chi connectivity index (χ0n) is 75.5. The van der Waals surface area contributed by atoms with Crippen LogP contribution in [-0.4, -0.2) is 292 Å². The summed E-state index contributed by atoms with van der Waals surface area (Å²) in [6.45, 7) is 11.2. The second-order valence-electron chi connectivity index (χ2n) is 32.2. The molecule has 726 valence electrons. The molecule has 41 heteroatoms. The highest BCUT2D eigenvalue weighted by Gasteiger charge is 2.47. The second-order valence-corrected chi connectivity index (χ2v) is 33.8. The molecule has 11 rings (SSSR count). The number of carbonyl (C=O) groups is 14. The standard InChI is InChI=1S/C92H120Br2N10O29/c1-57-45-73-90(118)104-72-51-76(58(2)46-67(72)89(117)102(73)52-57)130-30-12-31-131-78-50-71-68(48-77(78)122-6)88(116)101-28-10-13-65(101)53-103(71)91(119)132-54-61-19-23-64(24-20-61)98-86(114)70(49-81(110)111)100-85(113)69(15-9-7-8-14-66(105)56-129-36-35-121-5)99-80(109)26-33-125-39-43-128-44-40-126-34-27-95-87(115)83(94)82(93)74(106)16-11-29-123-37-41-127-42-38-124-32-25-79(108)96-60(4)75(107)47-59(3)84(112)97-63-21-17-62(18-22-63)55-133-92(104)120/h17-24,46,48,50-51,59-60,65,69-70,73,90,118H,1,7-16,25-45,47,49,52-56H2,2-6H3,(H,95,115)(H,96,108)(H,97,112)(H,98,114)(H,99,109)(H,100,113)(H,110,111)/b83-82-/t59-,60+,65+,69+,70+,73+,90?/m1/s1. The molecule has 133 heavy (non-hydrogen) atoms. The van der Waals surface area contributed by atoms with E-state index in [1.165, 1.54) is 61.3 Å². The van der Waals surface area contributed by atoms with E-state index in [1.54, 1.807) is 61.2 Å². The summed E-state index contributed by atoms with van der Waals surface area (Å²) in [6, 6.07) is 13.5. The molecule has 0 radical (unpaired) electrons. The molecule has 4 aromatic carbocycles. The number of nitrogens with one attached hydrogen (secondary N) is 6. The highest BCUT2D eigenvalue weighted by atomic mass is 79.9. The molecule has 10 amide bonds. The molecule has 7 heterocycles. The molecule has 7 atom stereocenters. The predicted molar refractivity (Wildman–Crippen MR) is 488 cm³/mol. The zero-order valence-corrected chi connectivity index (χ0v) is 78.7. The Balaban J connectivity index is 0.844. The van der Waals surface area contributed by atoms with Crippen LogP contribution in [0.4, 0.5) is 32.3 Å². The fraction of sp³-hybridized carbons (Fsp3) is 0.543. The summed E-state index contributed by atoms with van der Waals surface area (Å²) in [5.41, 5.74) is 3.15. The number of carbonyl (C=O) groups excluding carboxylic acids is 13. The molecule has 39 nitrogen and oxygen atoms in total. The number of aliphatic carboxylic acids is 1. The van der Waals surface area contributed by atoms with E-state index < -0.39 is 102 Å². The van der Waals surface area contributed by atoms with E-state index in [0.717, 1.165) is 4.90 Å². The number of carboxylic acid groups (broad SMARTS) is 1. The minimum Gasteiger partial charge on any atom is -0.493 e. The van der Waals surface area contributed by atoms with Crippen LogP contribution in [-0.2, 0) is 109 Å². The number of hydrogen-bond acceptors (Lipinski definition) is 28. The Kier molecular flexibility index (Phi) is 43.8. The number of aliphatic hydroxyl groups is 1. The lowest BCUT2D eigenvalue weighted by Crippen LogP contribution is -2.53. The molecule has 0 aromatic heterocycles. The van der Waals surface area contributed by atoms with E-state index in [9.17, 15) is 77.3 Å². The van der Waals surface area contributed by atoms with Crippen molar-refractivity contribution in [2.24, 2.45) is 5.92 Å². The number of aryl methyl sites for hydroxylation is 1. The average Bonchev–Trinajstić information content (AvgIpc) is 1.59. The van der Waals surface area contributed by atoms with Crippen molar-refractivity contribution in [3.63, 3.8) is 0 Å². The Labute approximate surface area is 787 Å². The Bertz CT molecular complexity index is 4730. The van der Waals surface area contributed by atoms with Gasteiger partial charge in [-0.2, -0.15) is 0 Å². The maximum absolute atomic E-state index is 14.5. The molecular formula is C92H120Br2N10O29. The molecule has 7 aliphatic rings. The lowest BCUT2D eigenvalue weighted by atomic mass is 10.00. The van der Waals surface area contributed by atoms with Gasteiger partial charge in [-0.1, -0.05) is 56.2 Å². The summed E-state index contributed by atoms with van der Waals surface area (Å²) in [4.78, 5) is 195. The van der Waals surface area contributed by atoms with E-state index in [2.05, 4.69) is 70.3 Å². The van der Waals surface area contributed by atoms with Gasteiger partial charge in [0.2, 0.25) is 29.5 Å². The number of methoxy groups -OCH3 is 2. The number of amides is 10. The van der Waals surface area contributed by atoms with Crippen LogP contribution in [0.15, 0.2) is 93.9 Å². The summed E-state index contributed by atoms with van der Waals surface area (Å²) in [7, 11) is 2.92. The molecule has 1 unspecified atom stereocenters. The molecule has 0 spiro atoms. The number of nitrogens with zero attached hydrogens (tertiary/aromatic N) is 4. The van der Waals surface area contributed by atoms with Crippen molar-refractivity contribution in [3.8, 4) is 17.2 Å². The SMILES string of the molecule is C=C1C[C@H]2C(O)N3C(=O)OCc4ccc(cc4)NC(=O)[C@H](C)CC(=O)[C@H](C)NC(=O)CCOCCOCCOCCCC(=O)/C(Br)=C(/Br)C(=O)NCCOCCOCCOCCC(=O)N[C@@H](CCCCCC(=O)COCCOC)C(=O)N[C@@H](CC(=O)O)C(=O)Nc4ccc(cc4)COC(=O)N4C[C@@H]5CCCN5C(=O)c5cc(OC)c(cc54)OCCCOc4cc3c(cc4C)C(=O)N2C1. The summed E-state index contributed by atoms with van der Waals surface area (Å²) >= 11 is 6.40. The number of carboxylic acids is 1. The van der Waals surface area contributed by atoms with Gasteiger partial charge in [-0.25, -0.2) is 14.5 Å². The van der Waals surface area contributed by atoms with Crippen molar-refractivity contribution in [3.05, 3.63) is 122 Å². The number of aliphatic hydroxyl groups excluding tert-OH is 1. The number of rotatable bonds is 14. The van der Waals surface area contributed by atoms with Gasteiger partial charge in [0, 0.05) is 108 Å².